The first-order chi connectivity index (χ1) is 13.3. The molecule has 0 aliphatic heterocycles. The zero-order valence-electron chi connectivity index (χ0n) is 15.1. The Hall–Kier alpha value is -2.26. The number of hydrogen-bond acceptors (Lipinski definition) is 5. The number of hydrogen-bond donors (Lipinski definition) is 1. The first kappa shape index (κ1) is 22.0. The molecule has 0 spiro atoms. The van der Waals surface area contributed by atoms with Crippen molar-refractivity contribution in [3.63, 3.8) is 0 Å². The van der Waals surface area contributed by atoms with Gasteiger partial charge in [0.1, 0.15) is 0 Å². The molecule has 28 heavy (non-hydrogen) atoms. The highest BCUT2D eigenvalue weighted by Crippen LogP contribution is 2.39. The first-order valence-electron chi connectivity index (χ1n) is 7.81. The Balaban J connectivity index is 2.28. The highest BCUT2D eigenvalue weighted by Gasteiger charge is 2.19. The lowest BCUT2D eigenvalue weighted by Gasteiger charge is -2.16. The molecule has 152 valence electrons. The molecule has 2 aromatic rings. The van der Waals surface area contributed by atoms with Crippen LogP contribution in [0.25, 0.3) is 0 Å². The van der Waals surface area contributed by atoms with Crippen molar-refractivity contribution in [2.75, 3.05) is 26.6 Å². The lowest BCUT2D eigenvalue weighted by atomic mass is 10.1. The van der Waals surface area contributed by atoms with E-state index < -0.39 is 12.5 Å². The Labute approximate surface area is 173 Å². The second-order valence-electron chi connectivity index (χ2n) is 5.40. The van der Waals surface area contributed by atoms with E-state index in [-0.39, 0.29) is 27.4 Å². The lowest BCUT2D eigenvalue weighted by molar-refractivity contribution is -0.115. The summed E-state index contributed by atoms with van der Waals surface area (Å²) in [7, 11) is 4.38. The molecule has 10 heteroatoms. The Morgan fingerprint density at radius 2 is 1.68 bits per heavy atom. The minimum absolute atomic E-state index is 0.0112. The topological polar surface area (TPSA) is 66.0 Å². The minimum Gasteiger partial charge on any atom is -0.493 e. The van der Waals surface area contributed by atoms with Gasteiger partial charge in [-0.3, -0.25) is 4.79 Å². The van der Waals surface area contributed by atoms with Crippen LogP contribution in [0.1, 0.15) is 5.56 Å². The molecule has 2 aromatic carbocycles. The molecule has 0 aliphatic rings. The smallest absolute Gasteiger partial charge is 0.387 e. The fourth-order valence-electron chi connectivity index (χ4n) is 2.48. The van der Waals surface area contributed by atoms with Crippen molar-refractivity contribution in [3.8, 4) is 23.0 Å². The molecular formula is C18H17BrClF2NO5. The molecule has 0 aliphatic carbocycles. The molecule has 1 N–H and O–H groups in total. The van der Waals surface area contributed by atoms with Crippen molar-refractivity contribution in [3.05, 3.63) is 39.3 Å². The van der Waals surface area contributed by atoms with Crippen LogP contribution in [0.3, 0.4) is 0 Å². The highest BCUT2D eigenvalue weighted by atomic mass is 79.9. The molecule has 0 saturated carbocycles. The predicted octanol–water partition coefficient (Wildman–Crippen LogP) is 4.91. The first-order valence-corrected chi connectivity index (χ1v) is 8.98. The molecule has 1 amide bonds. The molecule has 0 fully saturated rings. The Morgan fingerprint density at radius 1 is 1.07 bits per heavy atom. The van der Waals surface area contributed by atoms with Crippen LogP contribution in [0.4, 0.5) is 14.5 Å². The van der Waals surface area contributed by atoms with Gasteiger partial charge in [-0.15, -0.1) is 0 Å². The normalized spacial score (nSPS) is 10.6. The van der Waals surface area contributed by atoms with Gasteiger partial charge in [-0.1, -0.05) is 11.6 Å². The number of halogens is 4. The fourth-order valence-corrected chi connectivity index (χ4v) is 3.38. The number of ether oxygens (including phenoxy) is 4. The van der Waals surface area contributed by atoms with E-state index >= 15 is 0 Å². The van der Waals surface area contributed by atoms with Gasteiger partial charge in [-0.2, -0.15) is 8.78 Å². The summed E-state index contributed by atoms with van der Waals surface area (Å²) in [6, 6.07) is 5.93. The van der Waals surface area contributed by atoms with E-state index in [0.29, 0.717) is 22.8 Å². The van der Waals surface area contributed by atoms with E-state index in [9.17, 15) is 13.6 Å². The van der Waals surface area contributed by atoms with Crippen molar-refractivity contribution in [1.29, 1.82) is 0 Å². The summed E-state index contributed by atoms with van der Waals surface area (Å²) in [5.41, 5.74) is 0.571. The van der Waals surface area contributed by atoms with Gasteiger partial charge in [-0.25, -0.2) is 0 Å². The number of carbonyl (C=O) groups excluding carboxylic acids is 1. The number of nitrogens with one attached hydrogen (secondary N) is 1. The summed E-state index contributed by atoms with van der Waals surface area (Å²) >= 11 is 9.04. The maximum Gasteiger partial charge on any atom is 0.387 e. The van der Waals surface area contributed by atoms with Gasteiger partial charge >= 0.3 is 6.61 Å². The van der Waals surface area contributed by atoms with Crippen LogP contribution in [-0.2, 0) is 11.2 Å². The van der Waals surface area contributed by atoms with Crippen LogP contribution < -0.4 is 24.3 Å². The van der Waals surface area contributed by atoms with Gasteiger partial charge in [0.25, 0.3) is 0 Å². The van der Waals surface area contributed by atoms with Crippen LogP contribution in [0.15, 0.2) is 28.7 Å². The van der Waals surface area contributed by atoms with E-state index in [1.165, 1.54) is 33.5 Å². The molecule has 2 rings (SSSR count). The summed E-state index contributed by atoms with van der Waals surface area (Å²) in [5, 5.41) is 2.76. The van der Waals surface area contributed by atoms with Crippen molar-refractivity contribution in [2.45, 2.75) is 13.0 Å². The minimum atomic E-state index is -3.07. The van der Waals surface area contributed by atoms with E-state index in [4.69, 9.17) is 25.8 Å². The number of benzene rings is 2. The Bertz CT molecular complexity index is 841. The van der Waals surface area contributed by atoms with Gasteiger partial charge in [0.2, 0.25) is 11.7 Å². The van der Waals surface area contributed by atoms with Gasteiger partial charge < -0.3 is 24.3 Å². The average molecular weight is 481 g/mol. The second kappa shape index (κ2) is 9.79. The summed E-state index contributed by atoms with van der Waals surface area (Å²) in [4.78, 5) is 12.5. The van der Waals surface area contributed by atoms with E-state index in [2.05, 4.69) is 26.0 Å². The van der Waals surface area contributed by atoms with Crippen molar-refractivity contribution in [1.82, 2.24) is 0 Å². The summed E-state index contributed by atoms with van der Waals surface area (Å²) in [6.45, 7) is -3.07. The Morgan fingerprint density at radius 3 is 2.18 bits per heavy atom. The number of amides is 1. The van der Waals surface area contributed by atoms with Crippen LogP contribution in [-0.4, -0.2) is 33.8 Å². The van der Waals surface area contributed by atoms with Crippen molar-refractivity contribution in [2.24, 2.45) is 0 Å². The molecule has 6 nitrogen and oxygen atoms in total. The van der Waals surface area contributed by atoms with Crippen LogP contribution in [0.2, 0.25) is 5.02 Å². The molecule has 0 unspecified atom stereocenters. The predicted molar refractivity (Wildman–Crippen MR) is 104 cm³/mol. The average Bonchev–Trinajstić information content (AvgIpc) is 2.63. The van der Waals surface area contributed by atoms with E-state index in [0.717, 1.165) is 0 Å². The quantitative estimate of drug-likeness (QED) is 0.581. The van der Waals surface area contributed by atoms with Crippen LogP contribution in [0.5, 0.6) is 23.0 Å². The number of alkyl halides is 2. The number of carbonyl (C=O) groups is 1. The van der Waals surface area contributed by atoms with Gasteiger partial charge in [0.05, 0.1) is 37.9 Å². The zero-order chi connectivity index (χ0) is 20.8. The van der Waals surface area contributed by atoms with E-state index in [1.807, 2.05) is 0 Å². The molecule has 0 bridgehead atoms. The zero-order valence-corrected chi connectivity index (χ0v) is 17.5. The second-order valence-corrected chi connectivity index (χ2v) is 6.69. The van der Waals surface area contributed by atoms with Crippen molar-refractivity contribution >= 4 is 39.1 Å². The number of methoxy groups -OCH3 is 3. The standard InChI is InChI=1S/C18H17BrClF2NO5/c1-25-13-4-9(5-14(26-2)17(13)27-3)6-15(24)23-12-8-10(20)7-11(19)16(12)28-18(21)22/h4-5,7-8,18H,6H2,1-3H3,(H,23,24). The molecule has 0 atom stereocenters. The van der Waals surface area contributed by atoms with E-state index in [1.54, 1.807) is 12.1 Å². The SMILES string of the molecule is COc1cc(CC(=O)Nc2cc(Cl)cc(Br)c2OC(F)F)cc(OC)c1OC. The summed E-state index contributed by atoms with van der Waals surface area (Å²) in [6.07, 6.45) is -0.0883. The molecule has 0 heterocycles. The highest BCUT2D eigenvalue weighted by molar-refractivity contribution is 9.10. The maximum atomic E-state index is 12.7. The van der Waals surface area contributed by atoms with Crippen LogP contribution in [0, 0.1) is 0 Å². The summed E-state index contributed by atoms with van der Waals surface area (Å²) < 4.78 is 45.7. The van der Waals surface area contributed by atoms with Gasteiger partial charge in [-0.05, 0) is 45.8 Å². The van der Waals surface area contributed by atoms with Gasteiger partial charge in [0.15, 0.2) is 17.2 Å². The lowest BCUT2D eigenvalue weighted by Crippen LogP contribution is -2.16. The fraction of sp³-hybridized carbons (Fsp3) is 0.278. The van der Waals surface area contributed by atoms with Crippen LogP contribution >= 0.6 is 27.5 Å². The molecule has 0 radical (unpaired) electrons. The maximum absolute atomic E-state index is 12.7. The largest absolute Gasteiger partial charge is 0.493 e. The molecule has 0 saturated heterocycles. The summed E-state index contributed by atoms with van der Waals surface area (Å²) in [5.74, 6) is 0.453. The number of anilines is 1. The number of rotatable bonds is 8. The third-order valence-corrected chi connectivity index (χ3v) is 4.39. The van der Waals surface area contributed by atoms with Gasteiger partial charge in [0, 0.05) is 5.02 Å². The molecular weight excluding hydrogens is 464 g/mol. The third kappa shape index (κ3) is 5.39. The molecule has 0 aromatic heterocycles. The third-order valence-electron chi connectivity index (χ3n) is 3.58. The van der Waals surface area contributed by atoms with Crippen molar-refractivity contribution < 1.29 is 32.5 Å². The monoisotopic (exact) mass is 479 g/mol. The Kier molecular flexibility index (Phi) is 7.70.